The molecule has 154 valence electrons. The van der Waals surface area contributed by atoms with Gasteiger partial charge in [0.05, 0.1) is 0 Å². The van der Waals surface area contributed by atoms with Gasteiger partial charge < -0.3 is 15.4 Å². The standard InChI is InChI=1S/C15H22N2O2.C6H5Cl.C2H6/c1-12-7-8-16-9-14(12)10-17-15(18)19-11-13-5-3-2-4-6-13;7-6-4-2-1-3-5-6;1-2/h2-6,12,14,16H,7-11H2,1H3,(H,17,18);1-5H;1-2H3. The van der Waals surface area contributed by atoms with E-state index in [1.165, 1.54) is 6.42 Å². The van der Waals surface area contributed by atoms with Crippen LogP contribution in [0.2, 0.25) is 5.02 Å². The molecule has 0 bridgehead atoms. The molecule has 1 saturated heterocycles. The van der Waals surface area contributed by atoms with Gasteiger partial charge in [-0.2, -0.15) is 0 Å². The lowest BCUT2D eigenvalue weighted by Crippen LogP contribution is -2.42. The number of nitrogens with one attached hydrogen (secondary N) is 2. The van der Waals surface area contributed by atoms with Crippen molar-refractivity contribution in [1.82, 2.24) is 10.6 Å². The minimum Gasteiger partial charge on any atom is -0.445 e. The van der Waals surface area contributed by atoms with Crippen LogP contribution in [0.25, 0.3) is 0 Å². The van der Waals surface area contributed by atoms with E-state index >= 15 is 0 Å². The summed E-state index contributed by atoms with van der Waals surface area (Å²) in [4.78, 5) is 11.6. The third-order valence-electron chi connectivity index (χ3n) is 4.44. The topological polar surface area (TPSA) is 50.4 Å². The van der Waals surface area contributed by atoms with Crippen LogP contribution in [-0.2, 0) is 11.3 Å². The molecule has 0 radical (unpaired) electrons. The Morgan fingerprint density at radius 2 is 1.71 bits per heavy atom. The first-order chi connectivity index (χ1) is 13.6. The van der Waals surface area contributed by atoms with E-state index in [0.717, 1.165) is 23.7 Å². The number of piperidine rings is 1. The molecule has 1 heterocycles. The molecule has 1 fully saturated rings. The number of rotatable bonds is 4. The van der Waals surface area contributed by atoms with Crippen molar-refractivity contribution in [2.45, 2.75) is 33.8 Å². The maximum absolute atomic E-state index is 11.6. The second-order valence-corrected chi connectivity index (χ2v) is 6.90. The van der Waals surface area contributed by atoms with E-state index in [2.05, 4.69) is 17.6 Å². The van der Waals surface area contributed by atoms with Gasteiger partial charge in [-0.3, -0.25) is 0 Å². The zero-order valence-corrected chi connectivity index (χ0v) is 17.9. The minimum absolute atomic E-state index is 0.325. The Labute approximate surface area is 174 Å². The van der Waals surface area contributed by atoms with Crippen LogP contribution >= 0.6 is 11.6 Å². The normalized spacial score (nSPS) is 17.9. The summed E-state index contributed by atoms with van der Waals surface area (Å²) >= 11 is 5.54. The molecule has 28 heavy (non-hydrogen) atoms. The summed E-state index contributed by atoms with van der Waals surface area (Å²) < 4.78 is 5.18. The van der Waals surface area contributed by atoms with Gasteiger partial charge in [0.1, 0.15) is 6.61 Å². The van der Waals surface area contributed by atoms with Gasteiger partial charge in [-0.1, -0.05) is 80.9 Å². The predicted molar refractivity (Wildman–Crippen MR) is 118 cm³/mol. The second-order valence-electron chi connectivity index (χ2n) is 6.47. The van der Waals surface area contributed by atoms with Crippen molar-refractivity contribution in [3.05, 3.63) is 71.2 Å². The highest BCUT2D eigenvalue weighted by Crippen LogP contribution is 2.17. The average Bonchev–Trinajstić information content (AvgIpc) is 2.75. The van der Waals surface area contributed by atoms with Gasteiger partial charge in [-0.15, -0.1) is 0 Å². The highest BCUT2D eigenvalue weighted by Gasteiger charge is 2.21. The number of hydrogen-bond acceptors (Lipinski definition) is 3. The number of alkyl carbamates (subject to hydrolysis) is 1. The fourth-order valence-electron chi connectivity index (χ4n) is 2.73. The molecule has 2 atom stereocenters. The Balaban J connectivity index is 0.000000363. The third kappa shape index (κ3) is 10.3. The van der Waals surface area contributed by atoms with Crippen molar-refractivity contribution in [2.24, 2.45) is 11.8 Å². The van der Waals surface area contributed by atoms with Gasteiger partial charge in [-0.05, 0) is 49.0 Å². The zero-order valence-electron chi connectivity index (χ0n) is 17.2. The number of carbonyl (C=O) groups excluding carboxylic acids is 1. The quantitative estimate of drug-likeness (QED) is 0.704. The molecular weight excluding hydrogens is 372 g/mol. The molecule has 4 nitrogen and oxygen atoms in total. The summed E-state index contributed by atoms with van der Waals surface area (Å²) in [6.45, 7) is 9.30. The molecule has 2 N–H and O–H groups in total. The van der Waals surface area contributed by atoms with Crippen molar-refractivity contribution in [2.75, 3.05) is 19.6 Å². The van der Waals surface area contributed by atoms with E-state index in [-0.39, 0.29) is 6.09 Å². The monoisotopic (exact) mass is 404 g/mol. The van der Waals surface area contributed by atoms with Crippen LogP contribution in [0.5, 0.6) is 0 Å². The van der Waals surface area contributed by atoms with Crippen molar-refractivity contribution in [3.63, 3.8) is 0 Å². The largest absolute Gasteiger partial charge is 0.445 e. The molecule has 2 unspecified atom stereocenters. The van der Waals surface area contributed by atoms with Crippen LogP contribution < -0.4 is 10.6 Å². The zero-order chi connectivity index (χ0) is 20.6. The Morgan fingerprint density at radius 1 is 1.11 bits per heavy atom. The lowest BCUT2D eigenvalue weighted by Gasteiger charge is -2.29. The molecule has 1 aliphatic rings. The summed E-state index contributed by atoms with van der Waals surface area (Å²) in [6, 6.07) is 19.2. The lowest BCUT2D eigenvalue weighted by atomic mass is 9.88. The summed E-state index contributed by atoms with van der Waals surface area (Å²) in [5.41, 5.74) is 1.00. The van der Waals surface area contributed by atoms with Crippen LogP contribution in [0, 0.1) is 11.8 Å². The van der Waals surface area contributed by atoms with Crippen molar-refractivity contribution >= 4 is 17.7 Å². The first kappa shape index (κ1) is 24.0. The Morgan fingerprint density at radius 3 is 2.25 bits per heavy atom. The summed E-state index contributed by atoms with van der Waals surface area (Å²) in [6.07, 6.45) is 0.840. The van der Waals surface area contributed by atoms with Gasteiger partial charge in [0.15, 0.2) is 0 Å². The molecular formula is C23H33ClN2O2. The molecule has 3 rings (SSSR count). The molecule has 0 saturated carbocycles. The number of halogens is 1. The maximum atomic E-state index is 11.6. The fraction of sp³-hybridized carbons (Fsp3) is 0.435. The van der Waals surface area contributed by atoms with Crippen molar-refractivity contribution in [3.8, 4) is 0 Å². The molecule has 0 spiro atoms. The van der Waals surface area contributed by atoms with Crippen LogP contribution in [0.4, 0.5) is 4.79 Å². The summed E-state index contributed by atoms with van der Waals surface area (Å²) in [5, 5.41) is 7.00. The van der Waals surface area contributed by atoms with E-state index in [0.29, 0.717) is 25.0 Å². The molecule has 0 aliphatic carbocycles. The average molecular weight is 405 g/mol. The van der Waals surface area contributed by atoms with E-state index in [4.69, 9.17) is 16.3 Å². The van der Waals surface area contributed by atoms with Gasteiger partial charge in [0, 0.05) is 11.6 Å². The minimum atomic E-state index is -0.332. The maximum Gasteiger partial charge on any atom is 0.407 e. The van der Waals surface area contributed by atoms with E-state index < -0.39 is 0 Å². The van der Waals surface area contributed by atoms with Crippen LogP contribution in [0.3, 0.4) is 0 Å². The predicted octanol–water partition coefficient (Wildman–Crippen LogP) is 5.52. The Hall–Kier alpha value is -2.04. The van der Waals surface area contributed by atoms with E-state index in [1.54, 1.807) is 0 Å². The number of amides is 1. The summed E-state index contributed by atoms with van der Waals surface area (Å²) in [5.74, 6) is 1.15. The third-order valence-corrected chi connectivity index (χ3v) is 4.69. The van der Waals surface area contributed by atoms with Crippen LogP contribution in [0.1, 0.15) is 32.8 Å². The molecule has 2 aromatic carbocycles. The van der Waals surface area contributed by atoms with Crippen LogP contribution in [0.15, 0.2) is 60.7 Å². The van der Waals surface area contributed by atoms with Gasteiger partial charge >= 0.3 is 6.09 Å². The van der Waals surface area contributed by atoms with E-state index in [9.17, 15) is 4.79 Å². The fourth-order valence-corrected chi connectivity index (χ4v) is 2.88. The molecule has 1 amide bonds. The molecule has 5 heteroatoms. The number of hydrogen-bond donors (Lipinski definition) is 2. The molecule has 2 aromatic rings. The van der Waals surface area contributed by atoms with E-state index in [1.807, 2.05) is 74.5 Å². The van der Waals surface area contributed by atoms with Gasteiger partial charge in [0.2, 0.25) is 0 Å². The van der Waals surface area contributed by atoms with Gasteiger partial charge in [0.25, 0.3) is 0 Å². The highest BCUT2D eigenvalue weighted by molar-refractivity contribution is 6.30. The second kappa shape index (κ2) is 14.9. The van der Waals surface area contributed by atoms with Crippen molar-refractivity contribution < 1.29 is 9.53 Å². The number of ether oxygens (including phenoxy) is 1. The van der Waals surface area contributed by atoms with Gasteiger partial charge in [-0.25, -0.2) is 4.79 Å². The first-order valence-corrected chi connectivity index (χ1v) is 10.4. The first-order valence-electron chi connectivity index (χ1n) is 10.0. The van der Waals surface area contributed by atoms with Crippen molar-refractivity contribution in [1.29, 1.82) is 0 Å². The summed E-state index contributed by atoms with van der Waals surface area (Å²) in [7, 11) is 0. The number of carbonyl (C=O) groups is 1. The SMILES string of the molecule is CC.CC1CCNCC1CNC(=O)OCc1ccccc1.Clc1ccccc1. The highest BCUT2D eigenvalue weighted by atomic mass is 35.5. The number of benzene rings is 2. The Kier molecular flexibility index (Phi) is 12.8. The molecule has 0 aromatic heterocycles. The smallest absolute Gasteiger partial charge is 0.407 e. The van der Waals surface area contributed by atoms with Crippen LogP contribution in [-0.4, -0.2) is 25.7 Å². The lowest BCUT2D eigenvalue weighted by molar-refractivity contribution is 0.135. The Bertz CT molecular complexity index is 638. The molecule has 1 aliphatic heterocycles.